The zero-order chi connectivity index (χ0) is 22.0. The average Bonchev–Trinajstić information content (AvgIpc) is 3.23. The number of amides is 1. The summed E-state index contributed by atoms with van der Waals surface area (Å²) in [7, 11) is -1.96. The first-order chi connectivity index (χ1) is 14.8. The molecule has 2 aromatic rings. The van der Waals surface area contributed by atoms with Gasteiger partial charge in [-0.25, -0.2) is 12.8 Å². The van der Waals surface area contributed by atoms with Crippen molar-refractivity contribution in [3.05, 3.63) is 48.0 Å². The molecule has 31 heavy (non-hydrogen) atoms. The number of aromatic nitrogens is 2. The molecule has 0 spiro atoms. The number of piperazine rings is 1. The number of carbonyl (C=O) groups is 1. The van der Waals surface area contributed by atoms with Crippen LogP contribution in [0.4, 0.5) is 4.39 Å². The molecule has 0 bridgehead atoms. The van der Waals surface area contributed by atoms with Gasteiger partial charge in [-0.2, -0.15) is 9.40 Å². The number of benzene rings is 1. The summed E-state index contributed by atoms with van der Waals surface area (Å²) < 4.78 is 41.8. The molecular formula is C21H28FN5O3S. The van der Waals surface area contributed by atoms with E-state index in [4.69, 9.17) is 0 Å². The number of hydrogen-bond acceptors (Lipinski definition) is 5. The van der Waals surface area contributed by atoms with E-state index in [0.717, 1.165) is 25.2 Å². The Morgan fingerprint density at radius 2 is 1.84 bits per heavy atom. The fourth-order valence-corrected chi connectivity index (χ4v) is 5.79. The Bertz CT molecular complexity index is 1020. The van der Waals surface area contributed by atoms with Crippen LogP contribution in [0.15, 0.2) is 41.6 Å². The van der Waals surface area contributed by atoms with Crippen LogP contribution in [0, 0.1) is 11.7 Å². The number of halogens is 1. The summed E-state index contributed by atoms with van der Waals surface area (Å²) in [5.41, 5.74) is 1.05. The lowest BCUT2D eigenvalue weighted by molar-refractivity contribution is -0.138. The van der Waals surface area contributed by atoms with Crippen molar-refractivity contribution < 1.29 is 17.6 Å². The van der Waals surface area contributed by atoms with Crippen LogP contribution in [0.3, 0.4) is 0 Å². The van der Waals surface area contributed by atoms with Crippen molar-refractivity contribution in [3.63, 3.8) is 0 Å². The third kappa shape index (κ3) is 4.97. The van der Waals surface area contributed by atoms with Crippen molar-refractivity contribution in [2.24, 2.45) is 13.0 Å². The van der Waals surface area contributed by atoms with Crippen LogP contribution < -0.4 is 0 Å². The highest BCUT2D eigenvalue weighted by Crippen LogP contribution is 2.25. The molecule has 2 saturated heterocycles. The number of carbonyl (C=O) groups excluding carboxylic acids is 1. The summed E-state index contributed by atoms with van der Waals surface area (Å²) in [4.78, 5) is 17.4. The highest BCUT2D eigenvalue weighted by molar-refractivity contribution is 7.89. The smallest absolute Gasteiger partial charge is 0.246 e. The first-order valence-corrected chi connectivity index (χ1v) is 12.0. The van der Waals surface area contributed by atoms with Gasteiger partial charge in [0.15, 0.2) is 0 Å². The summed E-state index contributed by atoms with van der Waals surface area (Å²) in [5.74, 6) is -0.525. The van der Waals surface area contributed by atoms with Crippen molar-refractivity contribution in [2.45, 2.75) is 24.3 Å². The van der Waals surface area contributed by atoms with Crippen molar-refractivity contribution in [2.75, 3.05) is 39.3 Å². The molecule has 1 atom stereocenters. The molecule has 0 radical (unpaired) electrons. The zero-order valence-corrected chi connectivity index (χ0v) is 18.5. The first kappa shape index (κ1) is 21.9. The molecule has 2 aliphatic rings. The van der Waals surface area contributed by atoms with Crippen molar-refractivity contribution in [3.8, 4) is 0 Å². The minimum absolute atomic E-state index is 0.0347. The normalized spacial score (nSPS) is 21.4. The van der Waals surface area contributed by atoms with Gasteiger partial charge in [0, 0.05) is 59.1 Å². The topological polar surface area (TPSA) is 78.8 Å². The number of aryl methyl sites for hydroxylation is 1. The molecule has 1 aromatic carbocycles. The maximum absolute atomic E-state index is 13.1. The summed E-state index contributed by atoms with van der Waals surface area (Å²) in [6, 6.07) is 6.49. The molecule has 2 aliphatic heterocycles. The van der Waals surface area contributed by atoms with Gasteiger partial charge in [-0.05, 0) is 30.5 Å². The number of rotatable bonds is 5. The lowest BCUT2D eigenvalue weighted by atomic mass is 9.97. The Morgan fingerprint density at radius 1 is 1.13 bits per heavy atom. The zero-order valence-electron chi connectivity index (χ0n) is 17.7. The molecule has 0 N–H and O–H groups in total. The maximum atomic E-state index is 13.1. The molecule has 0 aliphatic carbocycles. The molecule has 4 rings (SSSR count). The van der Waals surface area contributed by atoms with Gasteiger partial charge in [0.1, 0.15) is 10.7 Å². The number of nitrogens with zero attached hydrogens (tertiary/aromatic N) is 5. The maximum Gasteiger partial charge on any atom is 0.246 e. The van der Waals surface area contributed by atoms with Gasteiger partial charge < -0.3 is 4.90 Å². The van der Waals surface area contributed by atoms with Crippen LogP contribution in [-0.2, 0) is 28.4 Å². The molecular weight excluding hydrogens is 421 g/mol. The molecule has 0 saturated carbocycles. The van der Waals surface area contributed by atoms with Crippen LogP contribution in [0.1, 0.15) is 18.4 Å². The van der Waals surface area contributed by atoms with E-state index >= 15 is 0 Å². The van der Waals surface area contributed by atoms with Gasteiger partial charge in [0.2, 0.25) is 15.9 Å². The van der Waals surface area contributed by atoms with Crippen LogP contribution in [0.5, 0.6) is 0 Å². The van der Waals surface area contributed by atoms with E-state index in [2.05, 4.69) is 10.00 Å². The summed E-state index contributed by atoms with van der Waals surface area (Å²) in [6.45, 7) is 4.08. The third-order valence-electron chi connectivity index (χ3n) is 6.06. The second kappa shape index (κ2) is 9.05. The van der Waals surface area contributed by atoms with Crippen molar-refractivity contribution >= 4 is 15.9 Å². The van der Waals surface area contributed by atoms with E-state index in [-0.39, 0.29) is 29.1 Å². The minimum atomic E-state index is -3.64. The summed E-state index contributed by atoms with van der Waals surface area (Å²) in [5, 5.41) is 3.96. The van der Waals surface area contributed by atoms with Gasteiger partial charge >= 0.3 is 0 Å². The van der Waals surface area contributed by atoms with Crippen molar-refractivity contribution in [1.29, 1.82) is 0 Å². The average molecular weight is 450 g/mol. The van der Waals surface area contributed by atoms with Crippen LogP contribution in [-0.4, -0.2) is 77.5 Å². The lowest BCUT2D eigenvalue weighted by Gasteiger charge is -2.38. The van der Waals surface area contributed by atoms with Crippen molar-refractivity contribution in [1.82, 2.24) is 23.9 Å². The number of hydrogen-bond donors (Lipinski definition) is 0. The van der Waals surface area contributed by atoms with Crippen LogP contribution in [0.25, 0.3) is 0 Å². The van der Waals surface area contributed by atoms with Crippen LogP contribution in [0.2, 0.25) is 0 Å². The third-order valence-corrected chi connectivity index (χ3v) is 7.87. The quantitative estimate of drug-likeness (QED) is 0.688. The van der Waals surface area contributed by atoms with E-state index in [0.29, 0.717) is 32.5 Å². The fourth-order valence-electron chi connectivity index (χ4n) is 4.28. The van der Waals surface area contributed by atoms with Gasteiger partial charge in [0.25, 0.3) is 0 Å². The molecule has 3 heterocycles. The number of piperidine rings is 1. The first-order valence-electron chi connectivity index (χ1n) is 10.6. The monoisotopic (exact) mass is 449 g/mol. The minimum Gasteiger partial charge on any atom is -0.340 e. The van der Waals surface area contributed by atoms with Crippen LogP contribution >= 0.6 is 0 Å². The largest absolute Gasteiger partial charge is 0.340 e. The Balaban J connectivity index is 1.33. The Hall–Kier alpha value is -2.30. The molecule has 1 aromatic heterocycles. The predicted octanol–water partition coefficient (Wildman–Crippen LogP) is 1.30. The van der Waals surface area contributed by atoms with E-state index in [1.54, 1.807) is 19.2 Å². The molecule has 10 heteroatoms. The predicted molar refractivity (Wildman–Crippen MR) is 113 cm³/mol. The van der Waals surface area contributed by atoms with Gasteiger partial charge in [-0.1, -0.05) is 12.1 Å². The Kier molecular flexibility index (Phi) is 6.40. The summed E-state index contributed by atoms with van der Waals surface area (Å²) in [6.07, 6.45) is 4.20. The second-order valence-electron chi connectivity index (χ2n) is 8.28. The van der Waals surface area contributed by atoms with Gasteiger partial charge in [0.05, 0.1) is 12.1 Å². The number of sulfonamides is 1. The second-order valence-corrected chi connectivity index (χ2v) is 10.2. The fraction of sp³-hybridized carbons (Fsp3) is 0.524. The molecule has 2 fully saturated rings. The Morgan fingerprint density at radius 3 is 2.48 bits per heavy atom. The Labute approximate surface area is 182 Å². The van der Waals surface area contributed by atoms with Gasteiger partial charge in [-0.3, -0.25) is 14.4 Å². The molecule has 1 amide bonds. The molecule has 0 unspecified atom stereocenters. The van der Waals surface area contributed by atoms with E-state index in [1.165, 1.54) is 33.5 Å². The highest BCUT2D eigenvalue weighted by Gasteiger charge is 2.36. The SMILES string of the molecule is Cn1cc(S(=O)(=O)N2CCC[C@H](C(=O)N3CCN(Cc4ccc(F)cc4)CC3)C2)cn1. The standard InChI is InChI=1S/C21H28FN5O3S/c1-24-16-20(13-23-24)31(29,30)27-8-2-3-18(15-27)21(28)26-11-9-25(10-12-26)14-17-4-6-19(22)7-5-17/h4-7,13,16,18H,2-3,8-12,14-15H2,1H3/t18-/m0/s1. The summed E-state index contributed by atoms with van der Waals surface area (Å²) >= 11 is 0. The lowest BCUT2D eigenvalue weighted by Crippen LogP contribution is -2.52. The molecule has 168 valence electrons. The van der Waals surface area contributed by atoms with E-state index < -0.39 is 10.0 Å². The molecule has 8 nitrogen and oxygen atoms in total. The van der Waals surface area contributed by atoms with Gasteiger partial charge in [-0.15, -0.1) is 0 Å². The van der Waals surface area contributed by atoms with E-state index in [1.807, 2.05) is 4.90 Å². The van der Waals surface area contributed by atoms with E-state index in [9.17, 15) is 17.6 Å². The highest BCUT2D eigenvalue weighted by atomic mass is 32.2.